The van der Waals surface area contributed by atoms with Crippen LogP contribution in [0.5, 0.6) is 11.5 Å². The van der Waals surface area contributed by atoms with E-state index in [1.54, 1.807) is 25.3 Å². The van der Waals surface area contributed by atoms with Crippen molar-refractivity contribution in [3.05, 3.63) is 41.8 Å². The summed E-state index contributed by atoms with van der Waals surface area (Å²) in [5, 5.41) is 25.3. The number of hydrogen-bond donors (Lipinski definition) is 5. The molecule has 2 saturated carbocycles. The van der Waals surface area contributed by atoms with Crippen LogP contribution in [-0.2, 0) is 24.2 Å². The molecule has 0 radical (unpaired) electrons. The molecule has 4 amide bonds. The summed E-state index contributed by atoms with van der Waals surface area (Å²) in [5.41, 5.74) is 0.258. The van der Waals surface area contributed by atoms with Gasteiger partial charge in [0.15, 0.2) is 15.0 Å². The molecule has 2 aliphatic heterocycles. The first-order valence-corrected chi connectivity index (χ1v) is 26.0. The van der Waals surface area contributed by atoms with Crippen LogP contribution in [0, 0.1) is 5.92 Å². The number of nitrogens with one attached hydrogen (secondary N) is 4. The summed E-state index contributed by atoms with van der Waals surface area (Å²) >= 11 is 1.45. The van der Waals surface area contributed by atoms with E-state index in [2.05, 4.69) is 28.2 Å². The second kappa shape index (κ2) is 21.1. The molecule has 0 spiro atoms. The lowest BCUT2D eigenvalue weighted by Gasteiger charge is -2.30. The number of thiazole rings is 1. The van der Waals surface area contributed by atoms with Crippen molar-refractivity contribution in [3.8, 4) is 22.9 Å². The lowest BCUT2D eigenvalue weighted by atomic mass is 10.0. The Morgan fingerprint density at radius 3 is 2.58 bits per heavy atom. The van der Waals surface area contributed by atoms with E-state index in [4.69, 9.17) is 19.4 Å². The van der Waals surface area contributed by atoms with E-state index in [1.807, 2.05) is 37.4 Å². The molecule has 16 nitrogen and oxygen atoms in total. The smallest absolute Gasteiger partial charge is 0.330 e. The predicted octanol–water partition coefficient (Wildman–Crippen LogP) is 6.99. The van der Waals surface area contributed by atoms with Gasteiger partial charge in [-0.1, -0.05) is 64.0 Å². The largest absolute Gasteiger partial charge is 0.497 e. The van der Waals surface area contributed by atoms with Crippen LogP contribution < -0.4 is 30.7 Å². The summed E-state index contributed by atoms with van der Waals surface area (Å²) in [5.74, 6) is -1.79. The van der Waals surface area contributed by atoms with Crippen LogP contribution in [0.25, 0.3) is 22.3 Å². The van der Waals surface area contributed by atoms with Gasteiger partial charge in [-0.15, -0.1) is 11.3 Å². The normalized spacial score (nSPS) is 24.8. The molecule has 3 aromatic rings. The fourth-order valence-corrected chi connectivity index (χ4v) is 11.8. The maximum Gasteiger partial charge on any atom is 0.330 e. The third-order valence-electron chi connectivity index (χ3n) is 12.8. The number of aromatic nitrogens is 2. The van der Waals surface area contributed by atoms with Gasteiger partial charge in [0.25, 0.3) is 0 Å². The molecule has 7 rings (SSSR count). The standard InChI is InChI=1S/C47H65N7O9S2/c1-5-6-7-9-13-16-31(28-65(60,61)34-19-20-34)49-45(59)51-36-17-14-11-8-10-12-15-30-25-47(30,44(57)58)53-42(55)40-23-33(26-54(40)43(36)56)63-41-24-38(39-27-64-46(52-39)48-29(2)3)50-37-22-32(62-4)18-21-35(37)41/h12,15,18,21-22,24,27,29-31,33-34,36,40H,5-11,13-14,16-17,19-20,23,25-26,28H2,1-4H3,(H,48,52)(H,53,55)(H,57,58)(H2,49,51,59)/b15-12-/t30?,31-,33+,36+,40-,47+/m0/s1. The first-order valence-electron chi connectivity index (χ1n) is 23.4. The molecular weight excluding hydrogens is 871 g/mol. The van der Waals surface area contributed by atoms with Crippen molar-refractivity contribution in [3.63, 3.8) is 0 Å². The molecule has 2 aliphatic carbocycles. The summed E-state index contributed by atoms with van der Waals surface area (Å²) in [4.78, 5) is 67.0. The number of urea groups is 1. The first kappa shape index (κ1) is 48.0. The van der Waals surface area contributed by atoms with Crippen molar-refractivity contribution in [2.45, 2.75) is 158 Å². The van der Waals surface area contributed by atoms with Crippen LogP contribution in [0.3, 0.4) is 0 Å². The Hall–Kier alpha value is -4.97. The number of aliphatic carboxylic acids is 1. The lowest BCUT2D eigenvalue weighted by molar-refractivity contribution is -0.145. The van der Waals surface area contributed by atoms with Gasteiger partial charge in [0, 0.05) is 47.3 Å². The zero-order valence-corrected chi connectivity index (χ0v) is 39.6. The van der Waals surface area contributed by atoms with Crippen molar-refractivity contribution in [1.29, 1.82) is 0 Å². The maximum atomic E-state index is 14.9. The molecule has 2 aromatic heterocycles. The number of rotatable bonds is 18. The van der Waals surface area contributed by atoms with Gasteiger partial charge in [0.1, 0.15) is 40.9 Å². The molecule has 1 unspecified atom stereocenters. The fourth-order valence-electron chi connectivity index (χ4n) is 8.98. The summed E-state index contributed by atoms with van der Waals surface area (Å²) in [6.45, 7) is 6.15. The van der Waals surface area contributed by atoms with Gasteiger partial charge >= 0.3 is 12.0 Å². The van der Waals surface area contributed by atoms with E-state index in [0.29, 0.717) is 65.9 Å². The molecule has 0 bridgehead atoms. The molecule has 4 aliphatic rings. The molecule has 1 aromatic carbocycles. The van der Waals surface area contributed by atoms with Gasteiger partial charge in [-0.25, -0.2) is 28.0 Å². The highest BCUT2D eigenvalue weighted by Gasteiger charge is 2.61. The Kier molecular flexibility index (Phi) is 15.6. The Balaban J connectivity index is 1.17. The highest BCUT2D eigenvalue weighted by atomic mass is 32.2. The van der Waals surface area contributed by atoms with Crippen LogP contribution >= 0.6 is 11.3 Å². The van der Waals surface area contributed by atoms with Crippen molar-refractivity contribution >= 4 is 61.0 Å². The number of carboxylic acid groups (broad SMARTS) is 1. The quantitative estimate of drug-likeness (QED) is 0.0644. The predicted molar refractivity (Wildman–Crippen MR) is 251 cm³/mol. The minimum atomic E-state index is -3.40. The van der Waals surface area contributed by atoms with Crippen molar-refractivity contribution < 1.29 is 42.2 Å². The third-order valence-corrected chi connectivity index (χ3v) is 16.0. The monoisotopic (exact) mass is 935 g/mol. The number of anilines is 1. The number of pyridine rings is 1. The number of amides is 4. The van der Waals surface area contributed by atoms with Gasteiger partial charge < -0.3 is 40.7 Å². The second-order valence-corrected chi connectivity index (χ2v) is 21.6. The van der Waals surface area contributed by atoms with Crippen LogP contribution in [0.1, 0.15) is 117 Å². The van der Waals surface area contributed by atoms with Crippen LogP contribution in [0.2, 0.25) is 0 Å². The molecule has 354 valence electrons. The minimum absolute atomic E-state index is 0.0331. The number of ether oxygens (including phenoxy) is 2. The number of sulfone groups is 1. The number of hydrogen-bond acceptors (Lipinski definition) is 12. The van der Waals surface area contributed by atoms with Crippen LogP contribution in [-0.4, -0.2) is 113 Å². The Morgan fingerprint density at radius 1 is 1.05 bits per heavy atom. The fraction of sp³-hybridized carbons (Fsp3) is 0.617. The number of unbranched alkanes of at least 4 members (excludes halogenated alkanes) is 4. The summed E-state index contributed by atoms with van der Waals surface area (Å²) in [7, 11) is -1.83. The number of allylic oxidation sites excluding steroid dienone is 1. The van der Waals surface area contributed by atoms with Crippen molar-refractivity contribution in [1.82, 2.24) is 30.8 Å². The number of fused-ring (bicyclic) bond motifs is 3. The number of carboxylic acids is 1. The van der Waals surface area contributed by atoms with E-state index in [1.165, 1.54) is 16.2 Å². The average Bonchev–Trinajstić information content (AvgIpc) is 4.15. The molecule has 18 heteroatoms. The van der Waals surface area contributed by atoms with E-state index in [0.717, 1.165) is 50.1 Å². The van der Waals surface area contributed by atoms with E-state index >= 15 is 0 Å². The zero-order chi connectivity index (χ0) is 46.3. The third kappa shape index (κ3) is 12.1. The molecule has 65 heavy (non-hydrogen) atoms. The second-order valence-electron chi connectivity index (χ2n) is 18.4. The van der Waals surface area contributed by atoms with Crippen molar-refractivity contribution in [2.24, 2.45) is 5.92 Å². The molecule has 4 heterocycles. The Morgan fingerprint density at radius 2 is 1.85 bits per heavy atom. The number of carbonyl (C=O) groups is 4. The van der Waals surface area contributed by atoms with E-state index in [-0.39, 0.29) is 42.9 Å². The molecule has 1 saturated heterocycles. The highest BCUT2D eigenvalue weighted by molar-refractivity contribution is 7.92. The van der Waals surface area contributed by atoms with Crippen molar-refractivity contribution in [2.75, 3.05) is 24.7 Å². The minimum Gasteiger partial charge on any atom is -0.497 e. The number of benzene rings is 1. The molecule has 5 N–H and O–H groups in total. The Bertz CT molecular complexity index is 2330. The van der Waals surface area contributed by atoms with Gasteiger partial charge in [-0.2, -0.15) is 0 Å². The van der Waals surface area contributed by atoms with Gasteiger partial charge in [0.05, 0.1) is 35.9 Å². The first-order chi connectivity index (χ1) is 31.2. The highest BCUT2D eigenvalue weighted by Crippen LogP contribution is 2.46. The lowest BCUT2D eigenvalue weighted by Crippen LogP contribution is -2.57. The van der Waals surface area contributed by atoms with Gasteiger partial charge in [0.2, 0.25) is 11.8 Å². The number of carbonyl (C=O) groups excluding carboxylic acids is 3. The van der Waals surface area contributed by atoms with E-state index in [9.17, 15) is 32.7 Å². The number of methoxy groups -OCH3 is 1. The SMILES string of the molecule is CCCCCCC[C@@H](CS(=O)(=O)C1CC1)NC(=O)N[C@@H]1CCCCC/C=C\C2C[C@@]2(C(=O)O)NC(=O)[C@@H]2C[C@@H](Oc3cc(-c4csc(NC(C)C)n4)nc4cc(OC)ccc34)CN2C1=O. The maximum absolute atomic E-state index is 14.9. The summed E-state index contributed by atoms with van der Waals surface area (Å²) in [6.07, 6.45) is 13.1. The Labute approximate surface area is 386 Å². The molecule has 3 fully saturated rings. The number of nitrogens with zero attached hydrogens (tertiary/aromatic N) is 3. The zero-order valence-electron chi connectivity index (χ0n) is 38.0. The van der Waals surface area contributed by atoms with Gasteiger partial charge in [-0.3, -0.25) is 9.59 Å². The summed E-state index contributed by atoms with van der Waals surface area (Å²) in [6, 6.07) is 3.94. The topological polar surface area (TPSA) is 218 Å². The summed E-state index contributed by atoms with van der Waals surface area (Å²) < 4.78 is 38.6. The average molecular weight is 936 g/mol. The van der Waals surface area contributed by atoms with Crippen LogP contribution in [0.15, 0.2) is 41.8 Å². The van der Waals surface area contributed by atoms with E-state index < -0.39 is 69.3 Å². The van der Waals surface area contributed by atoms with Gasteiger partial charge in [-0.05, 0) is 70.9 Å². The molecular formula is C47H65N7O9S2. The van der Waals surface area contributed by atoms with Crippen LogP contribution in [0.4, 0.5) is 9.93 Å². The molecule has 6 atom stereocenters.